The zero-order valence-electron chi connectivity index (χ0n) is 10.8. The Morgan fingerprint density at radius 2 is 2.21 bits per heavy atom. The second kappa shape index (κ2) is 5.84. The summed E-state index contributed by atoms with van der Waals surface area (Å²) in [7, 11) is 0. The lowest BCUT2D eigenvalue weighted by Gasteiger charge is -2.22. The average molecular weight is 258 g/mol. The highest BCUT2D eigenvalue weighted by Gasteiger charge is 2.13. The van der Waals surface area contributed by atoms with Crippen LogP contribution < -0.4 is 10.1 Å². The van der Waals surface area contributed by atoms with Gasteiger partial charge < -0.3 is 10.1 Å². The van der Waals surface area contributed by atoms with Crippen LogP contribution >= 0.6 is 0 Å². The molecule has 1 aliphatic rings. The van der Waals surface area contributed by atoms with Crippen LogP contribution in [0.1, 0.15) is 12.8 Å². The molecule has 0 spiro atoms. The maximum atomic E-state index is 5.75. The molecule has 19 heavy (non-hydrogen) atoms. The number of hydrogen-bond donors (Lipinski definition) is 1. The summed E-state index contributed by atoms with van der Waals surface area (Å²) < 4.78 is 7.53. The normalized spacial score (nSPS) is 16.4. The van der Waals surface area contributed by atoms with Crippen LogP contribution in [0.4, 0.5) is 0 Å². The Bertz CT molecular complexity index is 489. The van der Waals surface area contributed by atoms with E-state index < -0.39 is 0 Å². The third kappa shape index (κ3) is 3.12. The highest BCUT2D eigenvalue weighted by molar-refractivity contribution is 5.30. The summed E-state index contributed by atoms with van der Waals surface area (Å²) in [5, 5.41) is 7.52. The van der Waals surface area contributed by atoms with Crippen LogP contribution in [0.15, 0.2) is 36.8 Å². The largest absolute Gasteiger partial charge is 0.477 e. The van der Waals surface area contributed by atoms with E-state index in [4.69, 9.17) is 4.74 Å². The number of hydrogen-bond acceptors (Lipinski definition) is 4. The molecule has 5 heteroatoms. The van der Waals surface area contributed by atoms with E-state index in [1.807, 2.05) is 24.4 Å². The van der Waals surface area contributed by atoms with Gasteiger partial charge in [0.1, 0.15) is 0 Å². The number of nitrogens with one attached hydrogen (secondary N) is 1. The summed E-state index contributed by atoms with van der Waals surface area (Å²) >= 11 is 0. The average Bonchev–Trinajstić information content (AvgIpc) is 3.01. The number of pyridine rings is 1. The van der Waals surface area contributed by atoms with Gasteiger partial charge in [-0.2, -0.15) is 5.10 Å². The van der Waals surface area contributed by atoms with Gasteiger partial charge in [-0.25, -0.2) is 9.67 Å². The van der Waals surface area contributed by atoms with Crippen molar-refractivity contribution < 1.29 is 4.74 Å². The molecular formula is C14H18N4O. The fourth-order valence-corrected chi connectivity index (χ4v) is 2.27. The van der Waals surface area contributed by atoms with E-state index in [-0.39, 0.29) is 0 Å². The van der Waals surface area contributed by atoms with Crippen molar-refractivity contribution in [3.8, 4) is 11.6 Å². The van der Waals surface area contributed by atoms with Crippen LogP contribution in [-0.2, 0) is 0 Å². The van der Waals surface area contributed by atoms with Crippen molar-refractivity contribution >= 4 is 0 Å². The molecule has 0 unspecified atom stereocenters. The molecule has 1 N–H and O–H groups in total. The van der Waals surface area contributed by atoms with Gasteiger partial charge in [0.2, 0.25) is 5.88 Å². The molecule has 3 heterocycles. The van der Waals surface area contributed by atoms with E-state index in [1.54, 1.807) is 17.1 Å². The fourth-order valence-electron chi connectivity index (χ4n) is 2.27. The van der Waals surface area contributed by atoms with Crippen LogP contribution in [0.25, 0.3) is 5.69 Å². The molecule has 0 atom stereocenters. The first-order valence-corrected chi connectivity index (χ1v) is 6.71. The van der Waals surface area contributed by atoms with Crippen LogP contribution in [-0.4, -0.2) is 34.5 Å². The number of ether oxygens (including phenoxy) is 1. The lowest BCUT2D eigenvalue weighted by molar-refractivity contribution is 0.209. The second-order valence-electron chi connectivity index (χ2n) is 4.81. The minimum atomic E-state index is 0.647. The molecule has 2 aromatic rings. The lowest BCUT2D eigenvalue weighted by atomic mass is 9.99. The molecule has 0 aromatic carbocycles. The van der Waals surface area contributed by atoms with Gasteiger partial charge in [0.25, 0.3) is 0 Å². The first-order valence-electron chi connectivity index (χ1n) is 6.71. The van der Waals surface area contributed by atoms with Crippen LogP contribution in [0.2, 0.25) is 0 Å². The molecule has 2 aromatic heterocycles. The van der Waals surface area contributed by atoms with Crippen molar-refractivity contribution in [3.63, 3.8) is 0 Å². The molecule has 0 bridgehead atoms. The molecule has 1 saturated heterocycles. The van der Waals surface area contributed by atoms with Crippen LogP contribution in [0.5, 0.6) is 5.88 Å². The van der Waals surface area contributed by atoms with Crippen molar-refractivity contribution in [2.24, 2.45) is 5.92 Å². The second-order valence-corrected chi connectivity index (χ2v) is 4.81. The quantitative estimate of drug-likeness (QED) is 0.906. The summed E-state index contributed by atoms with van der Waals surface area (Å²) in [4.78, 5) is 4.32. The van der Waals surface area contributed by atoms with E-state index >= 15 is 0 Å². The highest BCUT2D eigenvalue weighted by atomic mass is 16.5. The zero-order valence-corrected chi connectivity index (χ0v) is 10.8. The van der Waals surface area contributed by atoms with Gasteiger partial charge in [-0.05, 0) is 44.0 Å². The van der Waals surface area contributed by atoms with Gasteiger partial charge >= 0.3 is 0 Å². The Labute approximate surface area is 112 Å². The van der Waals surface area contributed by atoms with Gasteiger partial charge in [-0.1, -0.05) is 0 Å². The molecular weight excluding hydrogens is 240 g/mol. The Balaban J connectivity index is 1.57. The summed E-state index contributed by atoms with van der Waals surface area (Å²) in [6, 6.07) is 5.76. The third-order valence-corrected chi connectivity index (χ3v) is 3.42. The topological polar surface area (TPSA) is 52.0 Å². The number of rotatable bonds is 4. The van der Waals surface area contributed by atoms with Gasteiger partial charge in [0.15, 0.2) is 0 Å². The number of nitrogens with zero attached hydrogens (tertiary/aromatic N) is 3. The maximum Gasteiger partial charge on any atom is 0.213 e. The first-order chi connectivity index (χ1) is 9.42. The molecule has 0 amide bonds. The van der Waals surface area contributed by atoms with Crippen LogP contribution in [0.3, 0.4) is 0 Å². The number of aromatic nitrogens is 3. The van der Waals surface area contributed by atoms with Gasteiger partial charge in [-0.15, -0.1) is 0 Å². The van der Waals surface area contributed by atoms with E-state index in [0.29, 0.717) is 11.8 Å². The minimum Gasteiger partial charge on any atom is -0.477 e. The Kier molecular flexibility index (Phi) is 3.74. The number of piperidine rings is 1. The van der Waals surface area contributed by atoms with Gasteiger partial charge in [0, 0.05) is 18.5 Å². The predicted molar refractivity (Wildman–Crippen MR) is 72.4 cm³/mol. The smallest absolute Gasteiger partial charge is 0.213 e. The van der Waals surface area contributed by atoms with E-state index in [9.17, 15) is 0 Å². The highest BCUT2D eigenvalue weighted by Crippen LogP contribution is 2.15. The molecule has 1 fully saturated rings. The van der Waals surface area contributed by atoms with Gasteiger partial charge in [0.05, 0.1) is 18.5 Å². The van der Waals surface area contributed by atoms with Crippen molar-refractivity contribution in [3.05, 3.63) is 36.8 Å². The molecule has 3 rings (SSSR count). The van der Waals surface area contributed by atoms with Crippen molar-refractivity contribution in [1.82, 2.24) is 20.1 Å². The third-order valence-electron chi connectivity index (χ3n) is 3.42. The standard InChI is InChI=1S/C14H18N4O/c1-6-17-18(9-1)13-2-3-14(16-10-13)19-11-12-4-7-15-8-5-12/h1-3,6,9-10,12,15H,4-5,7-8,11H2. The molecule has 100 valence electrons. The van der Waals surface area contributed by atoms with Crippen molar-refractivity contribution in [1.29, 1.82) is 0 Å². The fraction of sp³-hybridized carbons (Fsp3) is 0.429. The molecule has 1 aliphatic heterocycles. The Morgan fingerprint density at radius 3 is 2.89 bits per heavy atom. The maximum absolute atomic E-state index is 5.75. The molecule has 0 aliphatic carbocycles. The molecule has 0 radical (unpaired) electrons. The van der Waals surface area contributed by atoms with Gasteiger partial charge in [-0.3, -0.25) is 0 Å². The first kappa shape index (κ1) is 12.2. The molecule has 5 nitrogen and oxygen atoms in total. The van der Waals surface area contributed by atoms with E-state index in [2.05, 4.69) is 15.4 Å². The van der Waals surface area contributed by atoms with Crippen molar-refractivity contribution in [2.45, 2.75) is 12.8 Å². The molecule has 0 saturated carbocycles. The summed E-state index contributed by atoms with van der Waals surface area (Å²) in [5.41, 5.74) is 0.944. The minimum absolute atomic E-state index is 0.647. The van der Waals surface area contributed by atoms with Crippen molar-refractivity contribution in [2.75, 3.05) is 19.7 Å². The van der Waals surface area contributed by atoms with E-state index in [1.165, 1.54) is 12.8 Å². The summed E-state index contributed by atoms with van der Waals surface area (Å²) in [6.45, 7) is 2.95. The Hall–Kier alpha value is -1.88. The predicted octanol–water partition coefficient (Wildman–Crippen LogP) is 1.65. The van der Waals surface area contributed by atoms with E-state index in [0.717, 1.165) is 25.4 Å². The summed E-state index contributed by atoms with van der Waals surface area (Å²) in [5.74, 6) is 1.34. The summed E-state index contributed by atoms with van der Waals surface area (Å²) in [6.07, 6.45) is 7.80. The lowest BCUT2D eigenvalue weighted by Crippen LogP contribution is -2.30. The Morgan fingerprint density at radius 1 is 1.32 bits per heavy atom. The monoisotopic (exact) mass is 258 g/mol. The SMILES string of the molecule is c1cnn(-c2ccc(OCC3CCNCC3)nc2)c1. The zero-order chi connectivity index (χ0) is 12.9. The van der Waals surface area contributed by atoms with Crippen LogP contribution in [0, 0.1) is 5.92 Å².